The minimum atomic E-state index is -0.605. The van der Waals surface area contributed by atoms with Crippen LogP contribution in [-0.2, 0) is 7.05 Å². The number of hydrogen-bond donors (Lipinski definition) is 4. The smallest absolute Gasteiger partial charge is 0.254 e. The number of aliphatic hydroxyl groups excluding tert-OH is 1. The van der Waals surface area contributed by atoms with Crippen molar-refractivity contribution in [1.29, 1.82) is 0 Å². The monoisotopic (exact) mass is 380 g/mol. The van der Waals surface area contributed by atoms with Gasteiger partial charge in [0.2, 0.25) is 5.95 Å². The molecule has 2 atom stereocenters. The van der Waals surface area contributed by atoms with Gasteiger partial charge in [-0.3, -0.25) is 4.79 Å². The standard InChI is InChI=1S/C20H24N6O2/c1-26-10-9-12-14(6-4-7-16(12)26)23-19-13(18(21)28)11-22-20(25-19)24-15-5-2-3-8-17(15)27/h4,6-7,9-11,15,17,27H,2-3,5,8H2,1H3,(H2,21,28)(H2,22,23,24,25). The van der Waals surface area contributed by atoms with Crippen LogP contribution in [0.15, 0.2) is 36.7 Å². The second kappa shape index (κ2) is 7.47. The summed E-state index contributed by atoms with van der Waals surface area (Å²) in [6.45, 7) is 0. The van der Waals surface area contributed by atoms with E-state index in [1.165, 1.54) is 6.20 Å². The first-order valence-corrected chi connectivity index (χ1v) is 9.45. The Morgan fingerprint density at radius 3 is 2.89 bits per heavy atom. The third-order valence-electron chi connectivity index (χ3n) is 5.28. The highest BCUT2D eigenvalue weighted by atomic mass is 16.3. The van der Waals surface area contributed by atoms with Crippen LogP contribution in [0, 0.1) is 0 Å². The average Bonchev–Trinajstić information content (AvgIpc) is 3.06. The Morgan fingerprint density at radius 1 is 1.29 bits per heavy atom. The molecule has 1 fully saturated rings. The van der Waals surface area contributed by atoms with Crippen LogP contribution in [0.25, 0.3) is 10.9 Å². The van der Waals surface area contributed by atoms with E-state index in [2.05, 4.69) is 20.6 Å². The van der Waals surface area contributed by atoms with Crippen LogP contribution < -0.4 is 16.4 Å². The summed E-state index contributed by atoms with van der Waals surface area (Å²) >= 11 is 0. The van der Waals surface area contributed by atoms with Crippen LogP contribution >= 0.6 is 0 Å². The van der Waals surface area contributed by atoms with Gasteiger partial charge in [0.1, 0.15) is 11.4 Å². The molecule has 2 unspecified atom stereocenters. The molecular weight excluding hydrogens is 356 g/mol. The molecule has 4 rings (SSSR count). The van der Waals surface area contributed by atoms with E-state index in [0.29, 0.717) is 11.8 Å². The molecule has 2 aromatic heterocycles. The number of rotatable bonds is 5. The fourth-order valence-electron chi connectivity index (χ4n) is 3.71. The predicted octanol–water partition coefficient (Wildman–Crippen LogP) is 2.53. The van der Waals surface area contributed by atoms with Gasteiger partial charge in [0.05, 0.1) is 12.1 Å². The first kappa shape index (κ1) is 18.2. The van der Waals surface area contributed by atoms with Crippen LogP contribution in [0.4, 0.5) is 17.5 Å². The number of nitrogens with two attached hydrogens (primary N) is 1. The van der Waals surface area contributed by atoms with Gasteiger partial charge < -0.3 is 26.0 Å². The Labute approximate surface area is 162 Å². The number of nitrogens with zero attached hydrogens (tertiary/aromatic N) is 3. The number of amides is 1. The Morgan fingerprint density at radius 2 is 2.11 bits per heavy atom. The largest absolute Gasteiger partial charge is 0.391 e. The number of benzene rings is 1. The summed E-state index contributed by atoms with van der Waals surface area (Å²) in [5, 5.41) is 17.6. The van der Waals surface area contributed by atoms with E-state index >= 15 is 0 Å². The van der Waals surface area contributed by atoms with Crippen molar-refractivity contribution < 1.29 is 9.90 Å². The van der Waals surface area contributed by atoms with Crippen molar-refractivity contribution in [3.05, 3.63) is 42.2 Å². The highest BCUT2D eigenvalue weighted by Crippen LogP contribution is 2.28. The van der Waals surface area contributed by atoms with Gasteiger partial charge in [-0.1, -0.05) is 18.9 Å². The molecule has 0 spiro atoms. The van der Waals surface area contributed by atoms with Gasteiger partial charge in [-0.2, -0.15) is 4.98 Å². The fraction of sp³-hybridized carbons (Fsp3) is 0.350. The number of nitrogens with one attached hydrogen (secondary N) is 2. The lowest BCUT2D eigenvalue weighted by Crippen LogP contribution is -2.37. The van der Waals surface area contributed by atoms with Gasteiger partial charge in [0.25, 0.3) is 5.91 Å². The first-order chi connectivity index (χ1) is 13.5. The van der Waals surface area contributed by atoms with Crippen LogP contribution in [0.1, 0.15) is 36.0 Å². The van der Waals surface area contributed by atoms with Gasteiger partial charge in [0, 0.05) is 36.0 Å². The molecule has 28 heavy (non-hydrogen) atoms. The molecule has 0 aliphatic heterocycles. The Kier molecular flexibility index (Phi) is 4.87. The topological polar surface area (TPSA) is 118 Å². The molecule has 0 bridgehead atoms. The zero-order valence-electron chi connectivity index (χ0n) is 15.7. The lowest BCUT2D eigenvalue weighted by molar-refractivity contribution is 0.1000. The van der Waals surface area contributed by atoms with E-state index in [1.807, 2.05) is 42.1 Å². The number of aliphatic hydroxyl groups is 1. The zero-order chi connectivity index (χ0) is 19.7. The summed E-state index contributed by atoms with van der Waals surface area (Å²) in [7, 11) is 1.98. The molecule has 0 radical (unpaired) electrons. The average molecular weight is 380 g/mol. The van der Waals surface area contributed by atoms with Crippen molar-refractivity contribution in [1.82, 2.24) is 14.5 Å². The number of anilines is 3. The number of hydrogen-bond acceptors (Lipinski definition) is 6. The molecule has 2 heterocycles. The van der Waals surface area contributed by atoms with E-state index < -0.39 is 12.0 Å². The zero-order valence-corrected chi connectivity index (χ0v) is 15.7. The van der Waals surface area contributed by atoms with Crippen molar-refractivity contribution in [2.75, 3.05) is 10.6 Å². The number of aryl methyl sites for hydroxylation is 1. The van der Waals surface area contributed by atoms with Crippen LogP contribution in [0.2, 0.25) is 0 Å². The molecule has 1 saturated carbocycles. The SMILES string of the molecule is Cn1ccc2c(Nc3nc(NC4CCCCC4O)ncc3C(N)=O)cccc21. The summed E-state index contributed by atoms with van der Waals surface area (Å²) in [5.74, 6) is 0.0947. The minimum absolute atomic E-state index is 0.0985. The summed E-state index contributed by atoms with van der Waals surface area (Å²) in [6.07, 6.45) is 6.65. The number of aromatic nitrogens is 3. The van der Waals surface area contributed by atoms with E-state index in [-0.39, 0.29) is 11.6 Å². The maximum absolute atomic E-state index is 11.9. The number of fused-ring (bicyclic) bond motifs is 1. The first-order valence-electron chi connectivity index (χ1n) is 9.45. The van der Waals surface area contributed by atoms with E-state index in [4.69, 9.17) is 5.73 Å². The lowest BCUT2D eigenvalue weighted by atomic mass is 9.93. The third kappa shape index (κ3) is 3.50. The highest BCUT2D eigenvalue weighted by molar-refractivity contribution is 6.00. The number of primary amides is 1. The quantitative estimate of drug-likeness (QED) is 0.540. The van der Waals surface area contributed by atoms with Crippen LogP contribution in [0.5, 0.6) is 0 Å². The lowest BCUT2D eigenvalue weighted by Gasteiger charge is -2.28. The summed E-state index contributed by atoms with van der Waals surface area (Å²) < 4.78 is 2.02. The molecule has 1 aliphatic rings. The molecular formula is C20H24N6O2. The second-order valence-electron chi connectivity index (χ2n) is 7.21. The van der Waals surface area contributed by atoms with E-state index in [1.54, 1.807) is 0 Å². The second-order valence-corrected chi connectivity index (χ2v) is 7.21. The van der Waals surface area contributed by atoms with E-state index in [9.17, 15) is 9.90 Å². The molecule has 3 aromatic rings. The molecule has 8 nitrogen and oxygen atoms in total. The van der Waals surface area contributed by atoms with Gasteiger partial charge in [-0.25, -0.2) is 4.98 Å². The Bertz CT molecular complexity index is 1020. The normalized spacial score (nSPS) is 19.5. The van der Waals surface area contributed by atoms with E-state index in [0.717, 1.165) is 42.3 Å². The van der Waals surface area contributed by atoms with Gasteiger partial charge in [-0.05, 0) is 31.0 Å². The molecule has 8 heteroatoms. The van der Waals surface area contributed by atoms with Crippen molar-refractivity contribution in [3.8, 4) is 0 Å². The van der Waals surface area contributed by atoms with Crippen molar-refractivity contribution in [2.45, 2.75) is 37.8 Å². The summed E-state index contributed by atoms with van der Waals surface area (Å²) in [4.78, 5) is 20.6. The molecule has 0 saturated heterocycles. The number of carbonyl (C=O) groups is 1. The number of carbonyl (C=O) groups excluding carboxylic acids is 1. The highest BCUT2D eigenvalue weighted by Gasteiger charge is 2.24. The third-order valence-corrected chi connectivity index (χ3v) is 5.28. The summed E-state index contributed by atoms with van der Waals surface area (Å²) in [5.41, 5.74) is 7.61. The van der Waals surface area contributed by atoms with Crippen molar-refractivity contribution >= 4 is 34.3 Å². The molecule has 1 aliphatic carbocycles. The maximum atomic E-state index is 11.9. The van der Waals surface area contributed by atoms with Crippen LogP contribution in [0.3, 0.4) is 0 Å². The molecule has 5 N–H and O–H groups in total. The van der Waals surface area contributed by atoms with Crippen LogP contribution in [-0.4, -0.2) is 37.7 Å². The van der Waals surface area contributed by atoms with Crippen molar-refractivity contribution in [2.24, 2.45) is 12.8 Å². The molecule has 1 aromatic carbocycles. The Balaban J connectivity index is 1.67. The molecule has 146 valence electrons. The van der Waals surface area contributed by atoms with Gasteiger partial charge in [0.15, 0.2) is 0 Å². The predicted molar refractivity (Wildman–Crippen MR) is 109 cm³/mol. The maximum Gasteiger partial charge on any atom is 0.254 e. The van der Waals surface area contributed by atoms with Gasteiger partial charge in [-0.15, -0.1) is 0 Å². The Hall–Kier alpha value is -3.13. The summed E-state index contributed by atoms with van der Waals surface area (Å²) in [6, 6.07) is 7.78. The van der Waals surface area contributed by atoms with Crippen molar-refractivity contribution in [3.63, 3.8) is 0 Å². The molecule has 1 amide bonds. The fourth-order valence-corrected chi connectivity index (χ4v) is 3.71. The van der Waals surface area contributed by atoms with Gasteiger partial charge >= 0.3 is 0 Å². The minimum Gasteiger partial charge on any atom is -0.391 e.